The number of carbonyl (C=O) groups is 2. The van der Waals surface area contributed by atoms with Crippen molar-refractivity contribution in [3.63, 3.8) is 0 Å². The van der Waals surface area contributed by atoms with Crippen molar-refractivity contribution in [2.75, 3.05) is 39.3 Å². The number of hydrogen-bond donors (Lipinski definition) is 1. The summed E-state index contributed by atoms with van der Waals surface area (Å²) in [6.45, 7) is 5.98. The minimum Gasteiger partial charge on any atom is -0.494 e. The SMILES string of the molecule is CC(=O)NCCC(=O)N1CCCOc2cccc(c2)CCC2CCCCN2CC1. The van der Waals surface area contributed by atoms with Crippen LogP contribution >= 0.6 is 0 Å². The lowest BCUT2D eigenvalue weighted by Crippen LogP contribution is -2.46. The largest absolute Gasteiger partial charge is 0.494 e. The molecule has 1 unspecified atom stereocenters. The molecule has 0 aliphatic carbocycles. The molecule has 2 heterocycles. The minimum atomic E-state index is -0.0920. The van der Waals surface area contributed by atoms with E-state index in [1.807, 2.05) is 11.0 Å². The molecule has 2 aliphatic rings. The van der Waals surface area contributed by atoms with E-state index < -0.39 is 0 Å². The van der Waals surface area contributed by atoms with Gasteiger partial charge in [0.25, 0.3) is 0 Å². The number of nitrogens with one attached hydrogen (secondary N) is 1. The van der Waals surface area contributed by atoms with Crippen LogP contribution in [0.25, 0.3) is 0 Å². The Morgan fingerprint density at radius 3 is 2.86 bits per heavy atom. The average molecular weight is 402 g/mol. The van der Waals surface area contributed by atoms with Gasteiger partial charge in [-0.1, -0.05) is 18.6 Å². The first-order chi connectivity index (χ1) is 14.1. The average Bonchev–Trinajstić information content (AvgIpc) is 2.71. The van der Waals surface area contributed by atoms with E-state index in [0.717, 1.165) is 44.6 Å². The Balaban J connectivity index is 1.66. The van der Waals surface area contributed by atoms with Gasteiger partial charge in [0.2, 0.25) is 11.8 Å². The zero-order chi connectivity index (χ0) is 20.5. The first kappa shape index (κ1) is 21.6. The van der Waals surface area contributed by atoms with Crippen LogP contribution in [-0.2, 0) is 16.0 Å². The molecule has 1 aromatic carbocycles. The summed E-state index contributed by atoms with van der Waals surface area (Å²) in [4.78, 5) is 28.4. The fourth-order valence-corrected chi connectivity index (χ4v) is 4.36. The molecule has 1 saturated heterocycles. The van der Waals surface area contributed by atoms with Crippen molar-refractivity contribution < 1.29 is 14.3 Å². The number of piperidine rings is 1. The van der Waals surface area contributed by atoms with E-state index in [0.29, 0.717) is 32.2 Å². The number of nitrogens with zero attached hydrogens (tertiary/aromatic N) is 2. The molecule has 6 heteroatoms. The summed E-state index contributed by atoms with van der Waals surface area (Å²) in [6, 6.07) is 9.04. The van der Waals surface area contributed by atoms with Gasteiger partial charge in [0, 0.05) is 45.6 Å². The number of hydrogen-bond acceptors (Lipinski definition) is 4. The molecule has 1 aromatic rings. The highest BCUT2D eigenvalue weighted by atomic mass is 16.5. The second-order valence-electron chi connectivity index (χ2n) is 8.19. The van der Waals surface area contributed by atoms with Crippen molar-refractivity contribution in [1.82, 2.24) is 15.1 Å². The van der Waals surface area contributed by atoms with Gasteiger partial charge in [0.15, 0.2) is 0 Å². The quantitative estimate of drug-likeness (QED) is 0.846. The van der Waals surface area contributed by atoms with Crippen molar-refractivity contribution in [1.29, 1.82) is 0 Å². The van der Waals surface area contributed by atoms with Gasteiger partial charge in [-0.05, 0) is 56.3 Å². The summed E-state index contributed by atoms with van der Waals surface area (Å²) in [5.74, 6) is 0.940. The predicted octanol–water partition coefficient (Wildman–Crippen LogP) is 2.61. The van der Waals surface area contributed by atoms with Gasteiger partial charge in [-0.15, -0.1) is 0 Å². The molecular weight excluding hydrogens is 366 g/mol. The monoisotopic (exact) mass is 401 g/mol. The Morgan fingerprint density at radius 1 is 1.10 bits per heavy atom. The molecule has 0 saturated carbocycles. The summed E-state index contributed by atoms with van der Waals surface area (Å²) in [5, 5.41) is 2.73. The van der Waals surface area contributed by atoms with Crippen LogP contribution in [0.4, 0.5) is 0 Å². The maximum Gasteiger partial charge on any atom is 0.224 e. The Hall–Kier alpha value is -2.08. The number of benzene rings is 1. The fraction of sp³-hybridized carbons (Fsp3) is 0.652. The molecule has 0 radical (unpaired) electrons. The van der Waals surface area contributed by atoms with Gasteiger partial charge in [-0.2, -0.15) is 0 Å². The summed E-state index contributed by atoms with van der Waals surface area (Å²) in [6.07, 6.45) is 7.16. The standard InChI is InChI=1S/C23H35N3O3/c1-19(27)24-12-11-23(28)26-14-5-17-29-22-8-4-6-20(18-22)9-10-21-7-2-3-13-25(21)15-16-26/h4,6,8,18,21H,2-3,5,7,9-17H2,1H3,(H,24,27). The lowest BCUT2D eigenvalue weighted by atomic mass is 9.95. The van der Waals surface area contributed by atoms with Crippen molar-refractivity contribution in [2.24, 2.45) is 0 Å². The number of ether oxygens (including phenoxy) is 1. The highest BCUT2D eigenvalue weighted by Gasteiger charge is 2.24. The summed E-state index contributed by atoms with van der Waals surface area (Å²) < 4.78 is 5.93. The molecule has 1 fully saturated rings. The number of carbonyl (C=O) groups excluding carboxylic acids is 2. The summed E-state index contributed by atoms with van der Waals surface area (Å²) in [7, 11) is 0. The normalized spacial score (nSPS) is 21.4. The van der Waals surface area contributed by atoms with Crippen LogP contribution in [0, 0.1) is 0 Å². The zero-order valence-corrected chi connectivity index (χ0v) is 17.7. The predicted molar refractivity (Wildman–Crippen MR) is 114 cm³/mol. The van der Waals surface area contributed by atoms with E-state index in [2.05, 4.69) is 28.4 Å². The van der Waals surface area contributed by atoms with Crippen LogP contribution in [-0.4, -0.2) is 67.0 Å². The molecule has 2 amide bonds. The molecule has 6 nitrogen and oxygen atoms in total. The topological polar surface area (TPSA) is 61.9 Å². The van der Waals surface area contributed by atoms with Crippen LogP contribution in [0.2, 0.25) is 0 Å². The van der Waals surface area contributed by atoms with Crippen LogP contribution in [0.15, 0.2) is 24.3 Å². The number of amides is 2. The lowest BCUT2D eigenvalue weighted by Gasteiger charge is -2.37. The number of rotatable bonds is 3. The Kier molecular flexibility index (Phi) is 8.35. The zero-order valence-electron chi connectivity index (χ0n) is 17.7. The Bertz CT molecular complexity index is 679. The van der Waals surface area contributed by atoms with Crippen molar-refractivity contribution in [2.45, 2.75) is 57.9 Å². The summed E-state index contributed by atoms with van der Waals surface area (Å²) >= 11 is 0. The second kappa shape index (κ2) is 11.2. The van der Waals surface area contributed by atoms with Crippen molar-refractivity contribution in [3.05, 3.63) is 29.8 Å². The molecular formula is C23H35N3O3. The van der Waals surface area contributed by atoms with Gasteiger partial charge < -0.3 is 15.0 Å². The Morgan fingerprint density at radius 2 is 2.00 bits per heavy atom. The minimum absolute atomic E-state index is 0.0920. The van der Waals surface area contributed by atoms with E-state index in [9.17, 15) is 9.59 Å². The molecule has 0 spiro atoms. The van der Waals surface area contributed by atoms with E-state index in [-0.39, 0.29) is 11.8 Å². The van der Waals surface area contributed by atoms with Crippen LogP contribution in [0.5, 0.6) is 5.75 Å². The maximum atomic E-state index is 12.7. The third-order valence-corrected chi connectivity index (χ3v) is 5.98. The number of fused-ring (bicyclic) bond motifs is 3. The molecule has 0 aromatic heterocycles. The smallest absolute Gasteiger partial charge is 0.224 e. The fourth-order valence-electron chi connectivity index (χ4n) is 4.36. The summed E-state index contributed by atoms with van der Waals surface area (Å²) in [5.41, 5.74) is 1.35. The van der Waals surface area contributed by atoms with Crippen molar-refractivity contribution >= 4 is 11.8 Å². The lowest BCUT2D eigenvalue weighted by molar-refractivity contribution is -0.131. The van der Waals surface area contributed by atoms with Gasteiger partial charge >= 0.3 is 0 Å². The number of aryl methyl sites for hydroxylation is 1. The molecule has 3 rings (SSSR count). The highest BCUT2D eigenvalue weighted by Crippen LogP contribution is 2.23. The van der Waals surface area contributed by atoms with Gasteiger partial charge in [0.05, 0.1) is 6.61 Å². The third kappa shape index (κ3) is 7.03. The first-order valence-electron chi connectivity index (χ1n) is 11.1. The molecule has 1 N–H and O–H groups in total. The Labute approximate surface area is 174 Å². The van der Waals surface area contributed by atoms with E-state index in [1.165, 1.54) is 31.7 Å². The van der Waals surface area contributed by atoms with E-state index >= 15 is 0 Å². The molecule has 2 bridgehead atoms. The van der Waals surface area contributed by atoms with Crippen LogP contribution in [0.3, 0.4) is 0 Å². The third-order valence-electron chi connectivity index (χ3n) is 5.98. The molecule has 29 heavy (non-hydrogen) atoms. The van der Waals surface area contributed by atoms with Gasteiger partial charge in [-0.3, -0.25) is 14.5 Å². The molecule has 160 valence electrons. The van der Waals surface area contributed by atoms with Crippen molar-refractivity contribution in [3.8, 4) is 5.75 Å². The van der Waals surface area contributed by atoms with Crippen LogP contribution < -0.4 is 10.1 Å². The van der Waals surface area contributed by atoms with Gasteiger partial charge in [-0.25, -0.2) is 0 Å². The van der Waals surface area contributed by atoms with Crippen LogP contribution in [0.1, 0.15) is 51.0 Å². The second-order valence-corrected chi connectivity index (χ2v) is 8.19. The van der Waals surface area contributed by atoms with Gasteiger partial charge in [0.1, 0.15) is 5.75 Å². The van der Waals surface area contributed by atoms with E-state index in [1.54, 1.807) is 0 Å². The highest BCUT2D eigenvalue weighted by molar-refractivity contribution is 5.78. The first-order valence-corrected chi connectivity index (χ1v) is 11.1. The molecule has 2 aliphatic heterocycles. The van der Waals surface area contributed by atoms with E-state index in [4.69, 9.17) is 4.74 Å². The molecule has 1 atom stereocenters. The maximum absolute atomic E-state index is 12.7.